The highest BCUT2D eigenvalue weighted by atomic mass is 16.2. The van der Waals surface area contributed by atoms with Gasteiger partial charge < -0.3 is 10.6 Å². The lowest BCUT2D eigenvalue weighted by atomic mass is 9.85. The Morgan fingerprint density at radius 1 is 1.28 bits per heavy atom. The van der Waals surface area contributed by atoms with Gasteiger partial charge in [0.15, 0.2) is 0 Å². The average molecular weight is 246 g/mol. The summed E-state index contributed by atoms with van der Waals surface area (Å²) in [5, 5.41) is 0. The first-order valence-electron chi connectivity index (χ1n) is 6.64. The molecule has 0 aromatic carbocycles. The number of carbonyl (C=O) groups is 1. The number of likely N-dealkylation sites (tertiary alicyclic amines) is 1. The number of nitrogens with two attached hydrogens (primary N) is 1. The maximum atomic E-state index is 12.4. The molecule has 1 aliphatic carbocycles. The molecule has 2 heterocycles. The monoisotopic (exact) mass is 246 g/mol. The zero-order valence-corrected chi connectivity index (χ0v) is 10.4. The second-order valence-electron chi connectivity index (χ2n) is 5.23. The van der Waals surface area contributed by atoms with E-state index in [4.69, 9.17) is 5.73 Å². The fourth-order valence-corrected chi connectivity index (χ4v) is 3.29. The Morgan fingerprint density at radius 3 is 2.94 bits per heavy atom. The van der Waals surface area contributed by atoms with Crippen LogP contribution >= 0.6 is 0 Å². The standard InChI is InChI=1S/C13H18N4O/c14-12-8-15-7-10(16-12)13(18)17-6-5-9-3-1-2-4-11(9)17/h7-9,11H,1-6H2,(H2,14,16). The number of amides is 1. The van der Waals surface area contributed by atoms with Gasteiger partial charge in [-0.25, -0.2) is 4.98 Å². The second-order valence-corrected chi connectivity index (χ2v) is 5.23. The fourth-order valence-electron chi connectivity index (χ4n) is 3.29. The van der Waals surface area contributed by atoms with E-state index in [2.05, 4.69) is 9.97 Å². The molecule has 1 amide bonds. The van der Waals surface area contributed by atoms with Crippen LogP contribution in [0.25, 0.3) is 0 Å². The van der Waals surface area contributed by atoms with Crippen molar-refractivity contribution in [2.24, 2.45) is 5.92 Å². The lowest BCUT2D eigenvalue weighted by molar-refractivity contribution is 0.0684. The molecular weight excluding hydrogens is 228 g/mol. The molecule has 3 rings (SSSR count). The van der Waals surface area contributed by atoms with E-state index in [9.17, 15) is 4.79 Å². The molecule has 0 spiro atoms. The fraction of sp³-hybridized carbons (Fsp3) is 0.615. The quantitative estimate of drug-likeness (QED) is 0.814. The summed E-state index contributed by atoms with van der Waals surface area (Å²) in [6.07, 6.45) is 9.03. The predicted octanol–water partition coefficient (Wildman–Crippen LogP) is 1.46. The summed E-state index contributed by atoms with van der Waals surface area (Å²) in [4.78, 5) is 22.4. The molecule has 0 bridgehead atoms. The molecule has 2 N–H and O–H groups in total. The van der Waals surface area contributed by atoms with Gasteiger partial charge in [-0.2, -0.15) is 0 Å². The van der Waals surface area contributed by atoms with Gasteiger partial charge in [0.1, 0.15) is 11.5 Å². The van der Waals surface area contributed by atoms with Crippen LogP contribution in [0.15, 0.2) is 12.4 Å². The molecule has 1 saturated heterocycles. The largest absolute Gasteiger partial charge is 0.382 e. The van der Waals surface area contributed by atoms with Gasteiger partial charge in [0.05, 0.1) is 12.4 Å². The molecule has 1 saturated carbocycles. The van der Waals surface area contributed by atoms with Crippen LogP contribution in [-0.2, 0) is 0 Å². The van der Waals surface area contributed by atoms with Crippen molar-refractivity contribution >= 4 is 11.7 Å². The summed E-state index contributed by atoms with van der Waals surface area (Å²) >= 11 is 0. The van der Waals surface area contributed by atoms with Crippen LogP contribution < -0.4 is 5.73 Å². The van der Waals surface area contributed by atoms with E-state index in [0.717, 1.165) is 19.4 Å². The van der Waals surface area contributed by atoms with Gasteiger partial charge in [0.25, 0.3) is 5.91 Å². The average Bonchev–Trinajstić information content (AvgIpc) is 2.82. The molecule has 96 valence electrons. The molecule has 2 aliphatic rings. The van der Waals surface area contributed by atoms with Crippen LogP contribution in [0.5, 0.6) is 0 Å². The summed E-state index contributed by atoms with van der Waals surface area (Å²) < 4.78 is 0. The van der Waals surface area contributed by atoms with Crippen LogP contribution in [0.3, 0.4) is 0 Å². The van der Waals surface area contributed by atoms with Gasteiger partial charge in [-0.05, 0) is 25.2 Å². The minimum atomic E-state index is -0.01000. The van der Waals surface area contributed by atoms with Gasteiger partial charge in [0.2, 0.25) is 0 Å². The third-order valence-electron chi connectivity index (χ3n) is 4.14. The van der Waals surface area contributed by atoms with Crippen molar-refractivity contribution in [1.29, 1.82) is 0 Å². The Morgan fingerprint density at radius 2 is 2.11 bits per heavy atom. The van der Waals surface area contributed by atoms with Crippen LogP contribution in [0, 0.1) is 5.92 Å². The van der Waals surface area contributed by atoms with Crippen LogP contribution in [0.2, 0.25) is 0 Å². The summed E-state index contributed by atoms with van der Waals surface area (Å²) in [5.41, 5.74) is 5.96. The predicted molar refractivity (Wildman–Crippen MR) is 67.8 cm³/mol. The minimum absolute atomic E-state index is 0.01000. The highest BCUT2D eigenvalue weighted by molar-refractivity contribution is 5.92. The third kappa shape index (κ3) is 1.94. The molecule has 0 radical (unpaired) electrons. The Balaban J connectivity index is 1.80. The lowest BCUT2D eigenvalue weighted by Gasteiger charge is -2.31. The molecule has 2 unspecified atom stereocenters. The van der Waals surface area contributed by atoms with Gasteiger partial charge in [0, 0.05) is 12.6 Å². The van der Waals surface area contributed by atoms with E-state index >= 15 is 0 Å². The minimum Gasteiger partial charge on any atom is -0.382 e. The second kappa shape index (κ2) is 4.55. The third-order valence-corrected chi connectivity index (χ3v) is 4.14. The highest BCUT2D eigenvalue weighted by Gasteiger charge is 2.38. The number of carbonyl (C=O) groups excluding carboxylic acids is 1. The van der Waals surface area contributed by atoms with Gasteiger partial charge in [-0.15, -0.1) is 0 Å². The van der Waals surface area contributed by atoms with Crippen molar-refractivity contribution in [3.05, 3.63) is 18.1 Å². The Kier molecular flexibility index (Phi) is 2.89. The molecule has 5 nitrogen and oxygen atoms in total. The number of fused-ring (bicyclic) bond motifs is 1. The maximum Gasteiger partial charge on any atom is 0.274 e. The van der Waals surface area contributed by atoms with E-state index < -0.39 is 0 Å². The number of rotatable bonds is 1. The molecule has 2 atom stereocenters. The van der Waals surface area contributed by atoms with Crippen molar-refractivity contribution in [3.8, 4) is 0 Å². The van der Waals surface area contributed by atoms with E-state index in [1.165, 1.54) is 31.7 Å². The van der Waals surface area contributed by atoms with Crippen molar-refractivity contribution in [2.45, 2.75) is 38.1 Å². The first-order valence-corrected chi connectivity index (χ1v) is 6.64. The van der Waals surface area contributed by atoms with E-state index in [1.54, 1.807) is 0 Å². The summed E-state index contributed by atoms with van der Waals surface area (Å²) in [6, 6.07) is 0.412. The smallest absolute Gasteiger partial charge is 0.274 e. The van der Waals surface area contributed by atoms with Gasteiger partial charge >= 0.3 is 0 Å². The summed E-state index contributed by atoms with van der Waals surface area (Å²) in [5.74, 6) is 0.987. The maximum absolute atomic E-state index is 12.4. The van der Waals surface area contributed by atoms with Crippen LogP contribution in [0.4, 0.5) is 5.82 Å². The van der Waals surface area contributed by atoms with Crippen molar-refractivity contribution < 1.29 is 4.79 Å². The van der Waals surface area contributed by atoms with E-state index in [1.807, 2.05) is 4.90 Å². The van der Waals surface area contributed by atoms with Crippen molar-refractivity contribution in [2.75, 3.05) is 12.3 Å². The Hall–Kier alpha value is -1.65. The topological polar surface area (TPSA) is 72.1 Å². The Bertz CT molecular complexity index is 462. The first kappa shape index (κ1) is 11.4. The SMILES string of the molecule is Nc1cncc(C(=O)N2CCC3CCCCC32)n1. The van der Waals surface area contributed by atoms with E-state index in [-0.39, 0.29) is 5.91 Å². The van der Waals surface area contributed by atoms with Crippen LogP contribution in [-0.4, -0.2) is 33.4 Å². The zero-order chi connectivity index (χ0) is 12.5. The van der Waals surface area contributed by atoms with Crippen molar-refractivity contribution in [1.82, 2.24) is 14.9 Å². The normalized spacial score (nSPS) is 27.0. The highest BCUT2D eigenvalue weighted by Crippen LogP contribution is 2.36. The lowest BCUT2D eigenvalue weighted by Crippen LogP contribution is -2.39. The number of anilines is 1. The van der Waals surface area contributed by atoms with Crippen LogP contribution in [0.1, 0.15) is 42.6 Å². The summed E-state index contributed by atoms with van der Waals surface area (Å²) in [7, 11) is 0. The molecule has 1 aromatic rings. The molecule has 5 heteroatoms. The number of nitrogens with zero attached hydrogens (tertiary/aromatic N) is 3. The number of hydrogen-bond acceptors (Lipinski definition) is 4. The molecule has 2 fully saturated rings. The molecule has 1 aromatic heterocycles. The van der Waals surface area contributed by atoms with E-state index in [0.29, 0.717) is 23.5 Å². The Labute approximate surface area is 106 Å². The van der Waals surface area contributed by atoms with Gasteiger partial charge in [-0.1, -0.05) is 12.8 Å². The van der Waals surface area contributed by atoms with Crippen molar-refractivity contribution in [3.63, 3.8) is 0 Å². The molecular formula is C13H18N4O. The first-order chi connectivity index (χ1) is 8.75. The number of nitrogen functional groups attached to an aromatic ring is 1. The van der Waals surface area contributed by atoms with Gasteiger partial charge in [-0.3, -0.25) is 9.78 Å². The summed E-state index contributed by atoms with van der Waals surface area (Å²) in [6.45, 7) is 0.852. The molecule has 1 aliphatic heterocycles. The zero-order valence-electron chi connectivity index (χ0n) is 10.4. The number of hydrogen-bond donors (Lipinski definition) is 1. The molecule has 18 heavy (non-hydrogen) atoms. The number of aromatic nitrogens is 2.